The Labute approximate surface area is 110 Å². The molecule has 0 amide bonds. The Morgan fingerprint density at radius 2 is 1.68 bits per heavy atom. The molecule has 98 valence electrons. The van der Waals surface area contributed by atoms with E-state index in [-0.39, 0.29) is 5.63 Å². The van der Waals surface area contributed by atoms with Gasteiger partial charge in [0, 0.05) is 0 Å². The third kappa shape index (κ3) is 3.04. The van der Waals surface area contributed by atoms with Gasteiger partial charge >= 0.3 is 5.63 Å². The van der Waals surface area contributed by atoms with Gasteiger partial charge in [0.2, 0.25) is 0 Å². The third-order valence-electron chi connectivity index (χ3n) is 2.58. The molecule has 0 radical (unpaired) electrons. The van der Waals surface area contributed by atoms with Crippen molar-refractivity contribution in [2.45, 2.75) is 0 Å². The summed E-state index contributed by atoms with van der Waals surface area (Å²) in [6.45, 7) is 0. The van der Waals surface area contributed by atoms with E-state index >= 15 is 0 Å². The molecule has 19 heavy (non-hydrogen) atoms. The maximum atomic E-state index is 10.9. The predicted octanol–water partition coefficient (Wildman–Crippen LogP) is 2.93. The van der Waals surface area contributed by atoms with Gasteiger partial charge in [-0.25, -0.2) is 4.79 Å². The molecular formula is C15H14O4. The number of para-hydroxylation sites is 1. The molecular weight excluding hydrogens is 244 g/mol. The monoisotopic (exact) mass is 258 g/mol. The topological polar surface area (TPSA) is 48.7 Å². The lowest BCUT2D eigenvalue weighted by Crippen LogP contribution is -2.01. The van der Waals surface area contributed by atoms with Crippen LogP contribution in [-0.2, 0) is 0 Å². The zero-order valence-electron chi connectivity index (χ0n) is 10.8. The summed E-state index contributed by atoms with van der Waals surface area (Å²) in [6.07, 6.45) is 0. The Morgan fingerprint density at radius 3 is 2.11 bits per heavy atom. The maximum absolute atomic E-state index is 10.9. The van der Waals surface area contributed by atoms with Gasteiger partial charge in [0.15, 0.2) is 11.3 Å². The van der Waals surface area contributed by atoms with Crippen LogP contribution >= 0.6 is 0 Å². The van der Waals surface area contributed by atoms with Gasteiger partial charge in [0.1, 0.15) is 5.75 Å². The summed E-state index contributed by atoms with van der Waals surface area (Å²) < 4.78 is 14.7. The Morgan fingerprint density at radius 1 is 0.947 bits per heavy atom. The molecule has 0 aliphatic rings. The fourth-order valence-electron chi connectivity index (χ4n) is 1.59. The molecule has 2 aromatic carbocycles. The van der Waals surface area contributed by atoms with Crippen LogP contribution in [0.25, 0.3) is 11.0 Å². The smallest absolute Gasteiger partial charge is 0.343 e. The molecule has 4 heteroatoms. The number of methoxy groups -OCH3 is 2. The van der Waals surface area contributed by atoms with E-state index in [4.69, 9.17) is 13.9 Å². The van der Waals surface area contributed by atoms with E-state index in [1.165, 1.54) is 0 Å². The highest BCUT2D eigenvalue weighted by Gasteiger charge is 2.05. The summed E-state index contributed by atoms with van der Waals surface area (Å²) in [4.78, 5) is 10.9. The molecule has 0 atom stereocenters. The quantitative estimate of drug-likeness (QED) is 0.709. The van der Waals surface area contributed by atoms with E-state index in [0.29, 0.717) is 16.7 Å². The first-order valence-electron chi connectivity index (χ1n) is 5.74. The number of hydrogen-bond acceptors (Lipinski definition) is 4. The van der Waals surface area contributed by atoms with E-state index in [2.05, 4.69) is 0 Å². The number of fused-ring (bicyclic) bond motifs is 3. The molecule has 0 saturated heterocycles. The zero-order chi connectivity index (χ0) is 13.7. The summed E-state index contributed by atoms with van der Waals surface area (Å²) in [5.74, 6) is 1.52. The molecule has 2 aromatic heterocycles. The van der Waals surface area contributed by atoms with Crippen molar-refractivity contribution < 1.29 is 13.9 Å². The van der Waals surface area contributed by atoms with Crippen molar-refractivity contribution in [2.24, 2.45) is 0 Å². The van der Waals surface area contributed by atoms with Crippen LogP contribution in [0.5, 0.6) is 11.5 Å². The summed E-state index contributed by atoms with van der Waals surface area (Å²) in [6, 6.07) is 14.8. The minimum absolute atomic E-state index is 0.302. The first-order valence-corrected chi connectivity index (χ1v) is 5.74. The molecule has 0 aliphatic heterocycles. The number of ether oxygens (including phenoxy) is 2. The number of benzene rings is 2. The van der Waals surface area contributed by atoms with Crippen LogP contribution in [0.4, 0.5) is 0 Å². The average molecular weight is 258 g/mol. The van der Waals surface area contributed by atoms with Crippen molar-refractivity contribution in [3.05, 3.63) is 59.0 Å². The summed E-state index contributed by atoms with van der Waals surface area (Å²) in [7, 11) is 3.21. The van der Waals surface area contributed by atoms with Gasteiger partial charge in [-0.15, -0.1) is 0 Å². The maximum Gasteiger partial charge on any atom is 0.343 e. The van der Waals surface area contributed by atoms with Crippen LogP contribution in [0.1, 0.15) is 0 Å². The summed E-state index contributed by atoms with van der Waals surface area (Å²) in [5, 5.41) is 0.539. The van der Waals surface area contributed by atoms with Gasteiger partial charge in [0.25, 0.3) is 0 Å². The van der Waals surface area contributed by atoms with Crippen molar-refractivity contribution in [1.82, 2.24) is 0 Å². The van der Waals surface area contributed by atoms with Crippen molar-refractivity contribution in [2.75, 3.05) is 14.2 Å². The average Bonchev–Trinajstić information content (AvgIpc) is 2.49. The number of hydrogen-bond donors (Lipinski definition) is 0. The van der Waals surface area contributed by atoms with Gasteiger partial charge in [-0.3, -0.25) is 0 Å². The normalized spacial score (nSPS) is 9.79. The molecule has 0 spiro atoms. The Hall–Kier alpha value is -2.49. The molecule has 2 heterocycles. The second kappa shape index (κ2) is 5.91. The van der Waals surface area contributed by atoms with Gasteiger partial charge in [-0.05, 0) is 30.3 Å². The van der Waals surface area contributed by atoms with E-state index < -0.39 is 0 Å². The van der Waals surface area contributed by atoms with Gasteiger partial charge < -0.3 is 13.9 Å². The molecule has 2 bridgehead atoms. The predicted molar refractivity (Wildman–Crippen MR) is 73.2 cm³/mol. The molecule has 0 saturated carbocycles. The lowest BCUT2D eigenvalue weighted by atomic mass is 10.2. The minimum Gasteiger partial charge on any atom is -0.497 e. The van der Waals surface area contributed by atoms with Crippen molar-refractivity contribution in [1.29, 1.82) is 0 Å². The fourth-order valence-corrected chi connectivity index (χ4v) is 1.59. The van der Waals surface area contributed by atoms with Crippen LogP contribution in [0.2, 0.25) is 0 Å². The van der Waals surface area contributed by atoms with E-state index in [1.807, 2.05) is 30.3 Å². The molecule has 4 aromatic rings. The first kappa shape index (κ1) is 13.0. The van der Waals surface area contributed by atoms with Gasteiger partial charge in [0.05, 0.1) is 19.6 Å². The number of rotatable bonds is 2. The molecule has 0 aliphatic carbocycles. The molecule has 4 nitrogen and oxygen atoms in total. The van der Waals surface area contributed by atoms with Crippen LogP contribution in [-0.4, -0.2) is 14.2 Å². The molecule has 0 unspecified atom stereocenters. The highest BCUT2D eigenvalue weighted by Crippen LogP contribution is 2.21. The van der Waals surface area contributed by atoms with Crippen molar-refractivity contribution in [3.63, 3.8) is 0 Å². The summed E-state index contributed by atoms with van der Waals surface area (Å²) >= 11 is 0. The van der Waals surface area contributed by atoms with E-state index in [9.17, 15) is 4.79 Å². The molecule has 0 fully saturated rings. The van der Waals surface area contributed by atoms with Crippen LogP contribution in [0.3, 0.4) is 0 Å². The van der Waals surface area contributed by atoms with Gasteiger partial charge in [-0.2, -0.15) is 0 Å². The van der Waals surface area contributed by atoms with Gasteiger partial charge in [-0.1, -0.05) is 18.2 Å². The standard InChI is InChI=1S/C8H6O3.C7H8O/c1-10-7-4-5-2-3-6(7)11-8(5)9;1-8-7-5-3-2-4-6-7/h2-4H,1H3;2-6H,1H3. The first-order chi connectivity index (χ1) is 9.24. The third-order valence-corrected chi connectivity index (χ3v) is 2.58. The Balaban J connectivity index is 0.000000148. The van der Waals surface area contributed by atoms with Crippen LogP contribution in [0.15, 0.2) is 57.7 Å². The lowest BCUT2D eigenvalue weighted by molar-refractivity contribution is 0.404. The fraction of sp³-hybridized carbons (Fsp3) is 0.133. The highest BCUT2D eigenvalue weighted by molar-refractivity contribution is 5.68. The van der Waals surface area contributed by atoms with Crippen LogP contribution < -0.4 is 15.1 Å². The molecule has 4 rings (SSSR count). The zero-order valence-corrected chi connectivity index (χ0v) is 10.8. The Bertz CT molecular complexity index is 673. The second-order valence-electron chi connectivity index (χ2n) is 3.77. The largest absolute Gasteiger partial charge is 0.497 e. The van der Waals surface area contributed by atoms with Crippen molar-refractivity contribution >= 4 is 11.0 Å². The Kier molecular flexibility index (Phi) is 4.03. The summed E-state index contributed by atoms with van der Waals surface area (Å²) in [5.41, 5.74) is 0.191. The van der Waals surface area contributed by atoms with Crippen molar-refractivity contribution in [3.8, 4) is 11.5 Å². The second-order valence-corrected chi connectivity index (χ2v) is 3.77. The minimum atomic E-state index is -0.302. The highest BCUT2D eigenvalue weighted by atomic mass is 16.5. The van der Waals surface area contributed by atoms with E-state index in [0.717, 1.165) is 5.75 Å². The van der Waals surface area contributed by atoms with Crippen LogP contribution in [0, 0.1) is 0 Å². The lowest BCUT2D eigenvalue weighted by Gasteiger charge is -2.02. The van der Waals surface area contributed by atoms with E-state index in [1.54, 1.807) is 32.4 Å². The SMILES string of the molecule is COc1cc2ccc1oc2=O.COc1ccccc1. The molecule has 0 N–H and O–H groups in total.